The second-order valence-corrected chi connectivity index (χ2v) is 8.30. The van der Waals surface area contributed by atoms with Crippen LogP contribution in [-0.2, 0) is 21.4 Å². The van der Waals surface area contributed by atoms with E-state index in [1.165, 1.54) is 30.7 Å². The van der Waals surface area contributed by atoms with Gasteiger partial charge < -0.3 is 14.5 Å². The molecule has 0 saturated carbocycles. The van der Waals surface area contributed by atoms with Crippen molar-refractivity contribution in [2.45, 2.75) is 31.3 Å². The number of sulfonamides is 1. The molecule has 1 aromatic heterocycles. The fourth-order valence-corrected chi connectivity index (χ4v) is 3.97. The molecule has 162 valence electrons. The Hall–Kier alpha value is -3.59. The number of ether oxygens (including phenoxy) is 1. The lowest BCUT2D eigenvalue weighted by Crippen LogP contribution is -2.31. The van der Waals surface area contributed by atoms with E-state index in [1.807, 2.05) is 4.72 Å². The zero-order valence-electron chi connectivity index (χ0n) is 16.8. The highest BCUT2D eigenvalue weighted by atomic mass is 32.2. The van der Waals surface area contributed by atoms with Crippen LogP contribution in [0.5, 0.6) is 5.75 Å². The smallest absolute Gasteiger partial charge is 0.266 e. The lowest BCUT2D eigenvalue weighted by molar-refractivity contribution is -0.119. The number of nitrogens with one attached hydrogen (secondary N) is 2. The van der Waals surface area contributed by atoms with Gasteiger partial charge in [0.25, 0.3) is 15.9 Å². The van der Waals surface area contributed by atoms with E-state index >= 15 is 0 Å². The van der Waals surface area contributed by atoms with Crippen molar-refractivity contribution in [1.82, 2.24) is 4.72 Å². The highest BCUT2D eigenvalue weighted by molar-refractivity contribution is 7.90. The number of hydrogen-bond donors (Lipinski definition) is 2. The highest BCUT2D eigenvalue weighted by Crippen LogP contribution is 2.25. The van der Waals surface area contributed by atoms with Crippen LogP contribution in [0.4, 0.5) is 5.69 Å². The molecule has 3 aromatic rings. The molecule has 0 atom stereocenters. The van der Waals surface area contributed by atoms with E-state index in [9.17, 15) is 18.0 Å². The van der Waals surface area contributed by atoms with Gasteiger partial charge in [-0.2, -0.15) is 0 Å². The van der Waals surface area contributed by atoms with Crippen molar-refractivity contribution < 1.29 is 27.2 Å². The van der Waals surface area contributed by atoms with Gasteiger partial charge in [0.15, 0.2) is 0 Å². The first kappa shape index (κ1) is 22.1. The van der Waals surface area contributed by atoms with Crippen LogP contribution in [0.3, 0.4) is 0 Å². The highest BCUT2D eigenvalue weighted by Gasteiger charge is 2.22. The Bertz CT molecular complexity index is 1160. The Morgan fingerprint density at radius 3 is 2.52 bits per heavy atom. The third kappa shape index (κ3) is 5.73. The molecule has 0 saturated heterocycles. The molecule has 2 aromatic carbocycles. The molecule has 3 rings (SSSR count). The maximum Gasteiger partial charge on any atom is 0.266 e. The summed E-state index contributed by atoms with van der Waals surface area (Å²) in [5, 5.41) is 2.60. The SMILES string of the molecule is CCCC(=O)NS(=O)(=O)c1ccccc1NC(=O)c1ccccc1OCc1ccoc1. The number of amides is 2. The number of hydrogen-bond acceptors (Lipinski definition) is 6. The molecule has 0 aliphatic carbocycles. The Morgan fingerprint density at radius 1 is 1.03 bits per heavy atom. The topological polar surface area (TPSA) is 115 Å². The fourth-order valence-electron chi connectivity index (χ4n) is 2.79. The number of benzene rings is 2. The minimum absolute atomic E-state index is 0.0499. The molecule has 0 radical (unpaired) electrons. The van der Waals surface area contributed by atoms with Crippen molar-refractivity contribution >= 4 is 27.5 Å². The maximum absolute atomic E-state index is 12.9. The van der Waals surface area contributed by atoms with E-state index in [0.29, 0.717) is 12.2 Å². The number of para-hydroxylation sites is 2. The molecule has 8 nitrogen and oxygen atoms in total. The van der Waals surface area contributed by atoms with Gasteiger partial charge in [-0.05, 0) is 36.8 Å². The minimum Gasteiger partial charge on any atom is -0.488 e. The van der Waals surface area contributed by atoms with Crippen LogP contribution in [0.25, 0.3) is 0 Å². The van der Waals surface area contributed by atoms with Gasteiger partial charge in [0, 0.05) is 12.0 Å². The third-order valence-electron chi connectivity index (χ3n) is 4.26. The predicted octanol–water partition coefficient (Wildman–Crippen LogP) is 3.72. The number of furan rings is 1. The Labute approximate surface area is 180 Å². The molecule has 31 heavy (non-hydrogen) atoms. The molecule has 9 heteroatoms. The number of carbonyl (C=O) groups is 2. The predicted molar refractivity (Wildman–Crippen MR) is 114 cm³/mol. The van der Waals surface area contributed by atoms with Gasteiger partial charge in [-0.3, -0.25) is 9.59 Å². The van der Waals surface area contributed by atoms with Crippen molar-refractivity contribution in [3.8, 4) is 5.75 Å². The van der Waals surface area contributed by atoms with Gasteiger partial charge >= 0.3 is 0 Å². The first-order chi connectivity index (χ1) is 14.9. The average molecular weight is 442 g/mol. The van der Waals surface area contributed by atoms with Crippen molar-refractivity contribution in [2.24, 2.45) is 0 Å². The lowest BCUT2D eigenvalue weighted by Gasteiger charge is -2.14. The Kier molecular flexibility index (Phi) is 7.09. The zero-order chi connectivity index (χ0) is 22.3. The number of rotatable bonds is 9. The van der Waals surface area contributed by atoms with Gasteiger partial charge in [-0.25, -0.2) is 13.1 Å². The molecular weight excluding hydrogens is 420 g/mol. The second kappa shape index (κ2) is 9.94. The average Bonchev–Trinajstić information content (AvgIpc) is 3.26. The van der Waals surface area contributed by atoms with E-state index in [0.717, 1.165) is 5.56 Å². The molecule has 0 fully saturated rings. The first-order valence-corrected chi connectivity index (χ1v) is 11.1. The van der Waals surface area contributed by atoms with Crippen LogP contribution in [0.15, 0.2) is 76.4 Å². The van der Waals surface area contributed by atoms with Crippen LogP contribution in [0.2, 0.25) is 0 Å². The third-order valence-corrected chi connectivity index (χ3v) is 5.69. The summed E-state index contributed by atoms with van der Waals surface area (Å²) in [4.78, 5) is 24.5. The quantitative estimate of drug-likeness (QED) is 0.522. The Morgan fingerprint density at radius 2 is 1.77 bits per heavy atom. The molecule has 0 spiro atoms. The maximum atomic E-state index is 12.9. The van der Waals surface area contributed by atoms with E-state index < -0.39 is 21.8 Å². The van der Waals surface area contributed by atoms with Gasteiger partial charge in [0.1, 0.15) is 17.3 Å². The largest absolute Gasteiger partial charge is 0.488 e. The molecule has 0 aliphatic heterocycles. The molecule has 0 unspecified atom stereocenters. The normalized spacial score (nSPS) is 11.0. The van der Waals surface area contributed by atoms with Crippen LogP contribution in [-0.4, -0.2) is 20.2 Å². The fraction of sp³-hybridized carbons (Fsp3) is 0.182. The van der Waals surface area contributed by atoms with Crippen LogP contribution in [0, 0.1) is 0 Å². The second-order valence-electron chi connectivity index (χ2n) is 6.65. The molecular formula is C22H22N2O6S. The van der Waals surface area contributed by atoms with E-state index in [-0.39, 0.29) is 29.2 Å². The van der Waals surface area contributed by atoms with Crippen molar-refractivity contribution in [2.75, 3.05) is 5.32 Å². The molecule has 0 bridgehead atoms. The van der Waals surface area contributed by atoms with E-state index in [4.69, 9.17) is 9.15 Å². The van der Waals surface area contributed by atoms with Gasteiger partial charge in [-0.15, -0.1) is 0 Å². The lowest BCUT2D eigenvalue weighted by atomic mass is 10.2. The van der Waals surface area contributed by atoms with Gasteiger partial charge in [0.2, 0.25) is 5.91 Å². The van der Waals surface area contributed by atoms with Crippen LogP contribution >= 0.6 is 0 Å². The summed E-state index contributed by atoms with van der Waals surface area (Å²) in [5.74, 6) is -0.829. The summed E-state index contributed by atoms with van der Waals surface area (Å²) >= 11 is 0. The van der Waals surface area contributed by atoms with Crippen molar-refractivity contribution in [1.29, 1.82) is 0 Å². The minimum atomic E-state index is -4.15. The number of carbonyl (C=O) groups excluding carboxylic acids is 2. The summed E-state index contributed by atoms with van der Waals surface area (Å²) in [7, 11) is -4.15. The summed E-state index contributed by atoms with van der Waals surface area (Å²) < 4.78 is 38.0. The molecule has 2 amide bonds. The summed E-state index contributed by atoms with van der Waals surface area (Å²) in [5.41, 5.74) is 1.08. The zero-order valence-corrected chi connectivity index (χ0v) is 17.6. The van der Waals surface area contributed by atoms with Gasteiger partial charge in [0.05, 0.1) is 23.8 Å². The molecule has 0 aliphatic rings. The van der Waals surface area contributed by atoms with Crippen LogP contribution < -0.4 is 14.8 Å². The van der Waals surface area contributed by atoms with Crippen molar-refractivity contribution in [3.63, 3.8) is 0 Å². The molecule has 2 N–H and O–H groups in total. The van der Waals surface area contributed by atoms with Gasteiger partial charge in [-0.1, -0.05) is 31.2 Å². The Balaban J connectivity index is 1.81. The standard InChI is InChI=1S/C22H22N2O6S/c1-2-7-21(25)24-31(27,28)20-11-6-4-9-18(20)23-22(26)17-8-3-5-10-19(17)30-15-16-12-13-29-14-16/h3-6,8-14H,2,7,15H2,1H3,(H,23,26)(H,24,25). The first-order valence-electron chi connectivity index (χ1n) is 9.59. The monoisotopic (exact) mass is 442 g/mol. The van der Waals surface area contributed by atoms with Crippen molar-refractivity contribution in [3.05, 3.63) is 78.3 Å². The number of anilines is 1. The summed E-state index contributed by atoms with van der Waals surface area (Å²) in [6.07, 6.45) is 3.65. The summed E-state index contributed by atoms with van der Waals surface area (Å²) in [6, 6.07) is 14.2. The van der Waals surface area contributed by atoms with E-state index in [2.05, 4.69) is 5.32 Å². The summed E-state index contributed by atoms with van der Waals surface area (Å²) in [6.45, 7) is 1.97. The molecule has 1 heterocycles. The van der Waals surface area contributed by atoms with Crippen LogP contribution in [0.1, 0.15) is 35.7 Å². The van der Waals surface area contributed by atoms with E-state index in [1.54, 1.807) is 43.3 Å².